The normalized spacial score (nSPS) is 23.7. The van der Waals surface area contributed by atoms with Gasteiger partial charge in [0.05, 0.1) is 0 Å². The minimum Gasteiger partial charge on any atom is -0.478 e. The van der Waals surface area contributed by atoms with Crippen LogP contribution in [0.25, 0.3) is 0 Å². The maximum absolute atomic E-state index is 11.0. The number of carboxylic acids is 4. The van der Waals surface area contributed by atoms with E-state index in [0.29, 0.717) is 47.0 Å². The van der Waals surface area contributed by atoms with Crippen molar-refractivity contribution in [2.45, 2.75) is 182 Å². The molecule has 5 saturated carbocycles. The van der Waals surface area contributed by atoms with Crippen molar-refractivity contribution >= 4 is 23.9 Å². The van der Waals surface area contributed by atoms with Crippen LogP contribution in [0, 0.1) is 35.0 Å². The average Bonchev–Trinajstić information content (AvgIpc) is 3.11. The molecule has 4 bridgehead atoms. The fourth-order valence-corrected chi connectivity index (χ4v) is 9.18. The van der Waals surface area contributed by atoms with Crippen molar-refractivity contribution in [1.82, 2.24) is 0 Å². The van der Waals surface area contributed by atoms with Gasteiger partial charge in [0.25, 0.3) is 0 Å². The summed E-state index contributed by atoms with van der Waals surface area (Å²) < 4.78 is 0. The van der Waals surface area contributed by atoms with Gasteiger partial charge in [-0.2, -0.15) is 0 Å². The van der Waals surface area contributed by atoms with E-state index in [-0.39, 0.29) is 5.41 Å². The third kappa shape index (κ3) is 20.0. The fourth-order valence-electron chi connectivity index (χ4n) is 9.18. The molecule has 5 aliphatic rings. The Balaban J connectivity index is 0.000000364. The van der Waals surface area contributed by atoms with E-state index in [1.54, 1.807) is 13.8 Å². The Hall–Kier alpha value is -3.16. The summed E-state index contributed by atoms with van der Waals surface area (Å²) in [6.45, 7) is 17.0. The van der Waals surface area contributed by atoms with E-state index in [1.807, 2.05) is 6.08 Å². The lowest BCUT2D eigenvalue weighted by atomic mass is 9.49. The van der Waals surface area contributed by atoms with Gasteiger partial charge in [-0.3, -0.25) is 0 Å². The smallest absolute Gasteiger partial charge is 0.330 e. The van der Waals surface area contributed by atoms with Crippen molar-refractivity contribution in [2.24, 2.45) is 35.0 Å². The number of carboxylic acid groups (broad SMARTS) is 4. The molecule has 1 unspecified atom stereocenters. The van der Waals surface area contributed by atoms with Gasteiger partial charge in [0.15, 0.2) is 0 Å². The molecule has 0 amide bonds. The molecule has 0 spiro atoms. The zero-order valence-electron chi connectivity index (χ0n) is 34.6. The van der Waals surface area contributed by atoms with Gasteiger partial charge < -0.3 is 20.4 Å². The highest BCUT2D eigenvalue weighted by molar-refractivity contribution is 5.86. The number of aliphatic carboxylic acids is 4. The van der Waals surface area contributed by atoms with Gasteiger partial charge in [-0.25, -0.2) is 19.2 Å². The van der Waals surface area contributed by atoms with E-state index in [4.69, 9.17) is 20.4 Å². The van der Waals surface area contributed by atoms with Crippen LogP contribution in [-0.2, 0) is 19.2 Å². The predicted octanol–water partition coefficient (Wildman–Crippen LogP) is 12.4. The third-order valence-electron chi connectivity index (χ3n) is 12.0. The van der Waals surface area contributed by atoms with Crippen molar-refractivity contribution in [3.05, 3.63) is 47.6 Å². The van der Waals surface area contributed by atoms with E-state index in [1.165, 1.54) is 109 Å². The van der Waals surface area contributed by atoms with Crippen LogP contribution >= 0.6 is 0 Å². The lowest BCUT2D eigenvalue weighted by Crippen LogP contribution is -2.45. The molecule has 5 aliphatic carbocycles. The Morgan fingerprint density at radius 3 is 1.56 bits per heavy atom. The summed E-state index contributed by atoms with van der Waals surface area (Å²) in [4.78, 5) is 42.3. The molecule has 5 fully saturated rings. The first-order valence-corrected chi connectivity index (χ1v) is 21.2. The second-order valence-electron chi connectivity index (χ2n) is 16.9. The van der Waals surface area contributed by atoms with Gasteiger partial charge in [0.1, 0.15) is 0 Å². The second-order valence-corrected chi connectivity index (χ2v) is 16.9. The van der Waals surface area contributed by atoms with Gasteiger partial charge in [-0.1, -0.05) is 117 Å². The number of carbonyl (C=O) groups is 4. The molecule has 54 heavy (non-hydrogen) atoms. The van der Waals surface area contributed by atoms with Crippen LogP contribution in [0.3, 0.4) is 0 Å². The SMILES string of the molecule is C=C(CCC(CC)CCCC)C(=O)O.C=C(CCCCCCC)C(=O)O.CC(=CC12CC3CC(CC(C3)C1)C2)C(=O)O.CC(=CC1CCCCC1)C(=O)O. The molecular formula is C46H76O8. The summed E-state index contributed by atoms with van der Waals surface area (Å²) in [5.41, 5.74) is 2.01. The first-order valence-electron chi connectivity index (χ1n) is 21.2. The summed E-state index contributed by atoms with van der Waals surface area (Å²) in [7, 11) is 0. The number of rotatable bonds is 19. The molecular weight excluding hydrogens is 680 g/mol. The molecule has 308 valence electrons. The molecule has 4 N–H and O–H groups in total. The molecule has 0 aromatic rings. The molecule has 1 atom stereocenters. The van der Waals surface area contributed by atoms with E-state index in [2.05, 4.69) is 40.0 Å². The summed E-state index contributed by atoms with van der Waals surface area (Å²) in [6.07, 6.45) is 31.1. The van der Waals surface area contributed by atoms with Crippen molar-refractivity contribution in [3.63, 3.8) is 0 Å². The third-order valence-corrected chi connectivity index (χ3v) is 12.0. The maximum atomic E-state index is 11.0. The first-order chi connectivity index (χ1) is 25.6. The second kappa shape index (κ2) is 26.6. The van der Waals surface area contributed by atoms with Gasteiger partial charge in [0, 0.05) is 22.3 Å². The van der Waals surface area contributed by atoms with Crippen molar-refractivity contribution in [1.29, 1.82) is 0 Å². The zero-order valence-corrected chi connectivity index (χ0v) is 34.6. The molecule has 0 radical (unpaired) electrons. The van der Waals surface area contributed by atoms with Crippen LogP contribution in [0.1, 0.15) is 182 Å². The van der Waals surface area contributed by atoms with E-state index in [9.17, 15) is 19.2 Å². The Morgan fingerprint density at radius 1 is 0.630 bits per heavy atom. The monoisotopic (exact) mass is 757 g/mol. The Morgan fingerprint density at radius 2 is 1.11 bits per heavy atom. The maximum Gasteiger partial charge on any atom is 0.330 e. The van der Waals surface area contributed by atoms with E-state index >= 15 is 0 Å². The molecule has 0 saturated heterocycles. The topological polar surface area (TPSA) is 149 Å². The molecule has 0 aromatic heterocycles. The van der Waals surface area contributed by atoms with E-state index in [0.717, 1.165) is 43.4 Å². The highest BCUT2D eigenvalue weighted by atomic mass is 16.4. The average molecular weight is 757 g/mol. The minimum atomic E-state index is -0.856. The molecule has 8 heteroatoms. The Labute approximate surface area is 327 Å². The summed E-state index contributed by atoms with van der Waals surface area (Å²) in [6, 6.07) is 0. The Bertz CT molecular complexity index is 1220. The standard InChI is InChI=1S/C14H20O2.C12H22O2.C10H16O2.C10H18O2/c1-9(13(15)16)5-14-6-10-2-11(7-14)4-12(3-10)8-14;1-4-6-7-11(5-2)9-8-10(3)12(13)14;1-8(10(11)12)7-9-5-3-2-4-6-9;1-3-4-5-6-7-8-9(2)10(11)12/h5,10-12H,2-4,6-8H2,1H3,(H,15,16);11H,3-9H2,1-2H3,(H,13,14);7,9H,2-6H2,1H3,(H,11,12);2-8H2,1H3,(H,11,12). The van der Waals surface area contributed by atoms with Crippen LogP contribution in [-0.4, -0.2) is 44.3 Å². The van der Waals surface area contributed by atoms with Crippen LogP contribution in [0.2, 0.25) is 0 Å². The quantitative estimate of drug-likeness (QED) is 0.0751. The zero-order chi connectivity index (χ0) is 40.7. The largest absolute Gasteiger partial charge is 0.478 e. The number of hydrogen-bond donors (Lipinski definition) is 4. The van der Waals surface area contributed by atoms with Crippen LogP contribution in [0.15, 0.2) is 47.6 Å². The summed E-state index contributed by atoms with van der Waals surface area (Å²) in [5.74, 6) is 0.648. The van der Waals surface area contributed by atoms with Crippen LogP contribution < -0.4 is 0 Å². The lowest BCUT2D eigenvalue weighted by molar-refractivity contribution is -0.133. The van der Waals surface area contributed by atoms with Crippen LogP contribution in [0.4, 0.5) is 0 Å². The molecule has 8 nitrogen and oxygen atoms in total. The van der Waals surface area contributed by atoms with Crippen LogP contribution in [0.5, 0.6) is 0 Å². The van der Waals surface area contributed by atoms with Crippen molar-refractivity contribution in [3.8, 4) is 0 Å². The molecule has 0 aliphatic heterocycles. The van der Waals surface area contributed by atoms with Crippen molar-refractivity contribution < 1.29 is 39.6 Å². The highest BCUT2D eigenvalue weighted by Gasteiger charge is 2.49. The number of hydrogen-bond acceptors (Lipinski definition) is 4. The van der Waals surface area contributed by atoms with Crippen molar-refractivity contribution in [2.75, 3.05) is 0 Å². The van der Waals surface area contributed by atoms with Gasteiger partial charge in [-0.15, -0.1) is 0 Å². The van der Waals surface area contributed by atoms with Gasteiger partial charge in [0.2, 0.25) is 0 Å². The number of unbranched alkanes of at least 4 members (excludes halogenated alkanes) is 5. The number of allylic oxidation sites excluding steroid dienone is 2. The Kier molecular flexibility index (Phi) is 24.1. The first kappa shape index (κ1) is 48.9. The van der Waals surface area contributed by atoms with Gasteiger partial charge >= 0.3 is 23.9 Å². The predicted molar refractivity (Wildman–Crippen MR) is 219 cm³/mol. The fraction of sp³-hybridized carbons (Fsp3) is 0.739. The lowest BCUT2D eigenvalue weighted by Gasteiger charge is -2.56. The summed E-state index contributed by atoms with van der Waals surface area (Å²) >= 11 is 0. The molecule has 0 aromatic carbocycles. The summed E-state index contributed by atoms with van der Waals surface area (Å²) in [5, 5.41) is 34.8. The molecule has 0 heterocycles. The highest BCUT2D eigenvalue weighted by Crippen LogP contribution is 2.60. The minimum absolute atomic E-state index is 0.261. The molecule has 5 rings (SSSR count). The van der Waals surface area contributed by atoms with Gasteiger partial charge in [-0.05, 0) is 126 Å². The van der Waals surface area contributed by atoms with E-state index < -0.39 is 23.9 Å².